The predicted octanol–water partition coefficient (Wildman–Crippen LogP) is 4.17. The number of hydrogen-bond donors (Lipinski definition) is 2. The third-order valence-electron chi connectivity index (χ3n) is 5.05. The van der Waals surface area contributed by atoms with E-state index in [2.05, 4.69) is 15.6 Å². The zero-order chi connectivity index (χ0) is 21.9. The number of para-hydroxylation sites is 2. The van der Waals surface area contributed by atoms with Crippen LogP contribution in [0.5, 0.6) is 17.2 Å². The summed E-state index contributed by atoms with van der Waals surface area (Å²) in [6, 6.07) is 15.5. The van der Waals surface area contributed by atoms with Gasteiger partial charge in [-0.3, -0.25) is 4.79 Å². The molecule has 0 atom stereocenters. The number of nitrogens with one attached hydrogen (secondary N) is 2. The number of carbonyl (C=O) groups is 1. The number of halogens is 1. The predicted molar refractivity (Wildman–Crippen MR) is 138 cm³/mol. The molecule has 0 unspecified atom stereocenters. The SMILES string of the molecule is CCNC(=NCc1ccc(Oc2ccccc2OC)cc1)NCCCN1CCCC1=O.I. The number of methoxy groups -OCH3 is 1. The van der Waals surface area contributed by atoms with E-state index in [1.807, 2.05) is 60.4 Å². The van der Waals surface area contributed by atoms with Crippen LogP contribution in [0.3, 0.4) is 0 Å². The highest BCUT2D eigenvalue weighted by Crippen LogP contribution is 2.30. The van der Waals surface area contributed by atoms with Gasteiger partial charge in [0.05, 0.1) is 13.7 Å². The lowest BCUT2D eigenvalue weighted by atomic mass is 10.2. The van der Waals surface area contributed by atoms with Crippen LogP contribution in [0.2, 0.25) is 0 Å². The zero-order valence-electron chi connectivity index (χ0n) is 18.8. The molecule has 8 heteroatoms. The van der Waals surface area contributed by atoms with Crippen LogP contribution in [0.25, 0.3) is 0 Å². The number of carbonyl (C=O) groups excluding carboxylic acids is 1. The van der Waals surface area contributed by atoms with Crippen LogP contribution in [0.4, 0.5) is 0 Å². The van der Waals surface area contributed by atoms with E-state index in [4.69, 9.17) is 9.47 Å². The molecule has 1 aliphatic rings. The van der Waals surface area contributed by atoms with E-state index >= 15 is 0 Å². The van der Waals surface area contributed by atoms with Crippen LogP contribution in [-0.2, 0) is 11.3 Å². The number of benzene rings is 2. The Hall–Kier alpha value is -2.49. The number of guanidine groups is 1. The minimum absolute atomic E-state index is 0. The van der Waals surface area contributed by atoms with Crippen molar-refractivity contribution < 1.29 is 14.3 Å². The summed E-state index contributed by atoms with van der Waals surface area (Å²) >= 11 is 0. The molecule has 0 radical (unpaired) electrons. The molecule has 3 rings (SSSR count). The average molecular weight is 552 g/mol. The number of likely N-dealkylation sites (tertiary alicyclic amines) is 1. The first-order chi connectivity index (χ1) is 15.2. The van der Waals surface area contributed by atoms with Crippen LogP contribution in [0.1, 0.15) is 31.7 Å². The van der Waals surface area contributed by atoms with Crippen molar-refractivity contribution in [1.82, 2.24) is 15.5 Å². The Balaban J connectivity index is 0.00000363. The summed E-state index contributed by atoms with van der Waals surface area (Å²) in [7, 11) is 1.63. The molecule has 32 heavy (non-hydrogen) atoms. The van der Waals surface area contributed by atoms with Gasteiger partial charge in [-0.15, -0.1) is 24.0 Å². The Labute approximate surface area is 207 Å². The molecule has 7 nitrogen and oxygen atoms in total. The Bertz CT molecular complexity index is 874. The van der Waals surface area contributed by atoms with Gasteiger partial charge >= 0.3 is 0 Å². The smallest absolute Gasteiger partial charge is 0.222 e. The van der Waals surface area contributed by atoms with Gasteiger partial charge in [0.15, 0.2) is 17.5 Å². The molecule has 1 fully saturated rings. The van der Waals surface area contributed by atoms with Crippen LogP contribution < -0.4 is 20.1 Å². The average Bonchev–Trinajstić information content (AvgIpc) is 3.21. The zero-order valence-corrected chi connectivity index (χ0v) is 21.1. The lowest BCUT2D eigenvalue weighted by Crippen LogP contribution is -2.39. The van der Waals surface area contributed by atoms with Gasteiger partial charge in [-0.2, -0.15) is 0 Å². The monoisotopic (exact) mass is 552 g/mol. The van der Waals surface area contributed by atoms with Gasteiger partial charge in [0, 0.05) is 32.6 Å². The normalized spacial score (nSPS) is 13.5. The largest absolute Gasteiger partial charge is 0.493 e. The number of ether oxygens (including phenoxy) is 2. The highest BCUT2D eigenvalue weighted by molar-refractivity contribution is 14.0. The van der Waals surface area contributed by atoms with Gasteiger partial charge in [-0.05, 0) is 49.6 Å². The molecule has 1 saturated heterocycles. The third kappa shape index (κ3) is 7.89. The Kier molecular flexibility index (Phi) is 11.1. The van der Waals surface area contributed by atoms with Gasteiger partial charge in [0.25, 0.3) is 0 Å². The second-order valence-electron chi connectivity index (χ2n) is 7.36. The van der Waals surface area contributed by atoms with Crippen molar-refractivity contribution in [2.75, 3.05) is 33.3 Å². The Morgan fingerprint density at radius 1 is 1.09 bits per heavy atom. The molecular formula is C24H33IN4O3. The number of rotatable bonds is 10. The summed E-state index contributed by atoms with van der Waals surface area (Å²) in [5.74, 6) is 3.19. The minimum Gasteiger partial charge on any atom is -0.493 e. The third-order valence-corrected chi connectivity index (χ3v) is 5.05. The van der Waals surface area contributed by atoms with Gasteiger partial charge in [0.1, 0.15) is 5.75 Å². The van der Waals surface area contributed by atoms with E-state index in [1.54, 1.807) is 7.11 Å². The molecule has 0 aromatic heterocycles. The number of amides is 1. The molecule has 1 aliphatic heterocycles. The van der Waals surface area contributed by atoms with E-state index in [0.29, 0.717) is 24.5 Å². The molecule has 1 amide bonds. The van der Waals surface area contributed by atoms with Crippen LogP contribution in [0, 0.1) is 0 Å². The maximum atomic E-state index is 11.7. The lowest BCUT2D eigenvalue weighted by Gasteiger charge is -2.16. The molecule has 1 heterocycles. The summed E-state index contributed by atoms with van der Waals surface area (Å²) in [5.41, 5.74) is 1.09. The van der Waals surface area contributed by atoms with E-state index in [0.717, 1.165) is 56.3 Å². The van der Waals surface area contributed by atoms with Crippen molar-refractivity contribution in [3.05, 3.63) is 54.1 Å². The molecule has 174 valence electrons. The highest BCUT2D eigenvalue weighted by Gasteiger charge is 2.18. The summed E-state index contributed by atoms with van der Waals surface area (Å²) in [6.07, 6.45) is 2.59. The van der Waals surface area contributed by atoms with Crippen LogP contribution in [0.15, 0.2) is 53.5 Å². The summed E-state index contributed by atoms with van der Waals surface area (Å²) in [6.45, 7) is 5.88. The fourth-order valence-corrected chi connectivity index (χ4v) is 3.42. The van der Waals surface area contributed by atoms with Gasteiger partial charge in [-0.1, -0.05) is 24.3 Å². The van der Waals surface area contributed by atoms with E-state index in [1.165, 1.54) is 0 Å². The van der Waals surface area contributed by atoms with Crippen molar-refractivity contribution in [2.45, 2.75) is 32.7 Å². The van der Waals surface area contributed by atoms with Crippen molar-refractivity contribution >= 4 is 35.8 Å². The van der Waals surface area contributed by atoms with Crippen molar-refractivity contribution in [3.63, 3.8) is 0 Å². The topological polar surface area (TPSA) is 75.2 Å². The first-order valence-corrected chi connectivity index (χ1v) is 10.9. The summed E-state index contributed by atoms with van der Waals surface area (Å²) in [5, 5.41) is 6.62. The van der Waals surface area contributed by atoms with Crippen LogP contribution >= 0.6 is 24.0 Å². The molecule has 2 aromatic carbocycles. The second-order valence-corrected chi connectivity index (χ2v) is 7.36. The first kappa shape index (κ1) is 25.8. The maximum Gasteiger partial charge on any atom is 0.222 e. The molecule has 0 saturated carbocycles. The molecule has 2 aromatic rings. The van der Waals surface area contributed by atoms with Crippen LogP contribution in [-0.4, -0.2) is 50.1 Å². The van der Waals surface area contributed by atoms with Gasteiger partial charge < -0.3 is 25.0 Å². The van der Waals surface area contributed by atoms with Gasteiger partial charge in [-0.25, -0.2) is 4.99 Å². The maximum absolute atomic E-state index is 11.7. The Morgan fingerprint density at radius 2 is 1.84 bits per heavy atom. The van der Waals surface area contributed by atoms with Crippen molar-refractivity contribution in [3.8, 4) is 17.2 Å². The van der Waals surface area contributed by atoms with Crippen molar-refractivity contribution in [1.29, 1.82) is 0 Å². The number of nitrogens with zero attached hydrogens (tertiary/aromatic N) is 2. The van der Waals surface area contributed by atoms with Crippen molar-refractivity contribution in [2.24, 2.45) is 4.99 Å². The quantitative estimate of drug-likeness (QED) is 0.200. The fraction of sp³-hybridized carbons (Fsp3) is 0.417. The Morgan fingerprint density at radius 3 is 2.50 bits per heavy atom. The summed E-state index contributed by atoms with van der Waals surface area (Å²) in [4.78, 5) is 18.3. The molecular weight excluding hydrogens is 519 g/mol. The standard InChI is InChI=1S/C24H32N4O3.HI/c1-3-25-24(26-15-7-17-28-16-6-10-23(28)29)27-18-19-11-13-20(14-12-19)31-22-9-5-4-8-21(22)30-2;/h4-5,8-9,11-14H,3,6-7,10,15-18H2,1-2H3,(H2,25,26,27);1H. The molecule has 0 bridgehead atoms. The first-order valence-electron chi connectivity index (χ1n) is 10.9. The summed E-state index contributed by atoms with van der Waals surface area (Å²) < 4.78 is 11.2. The van der Waals surface area contributed by atoms with E-state index < -0.39 is 0 Å². The molecule has 0 spiro atoms. The van der Waals surface area contributed by atoms with E-state index in [-0.39, 0.29) is 29.9 Å². The molecule has 0 aliphatic carbocycles. The lowest BCUT2D eigenvalue weighted by molar-refractivity contribution is -0.127. The number of hydrogen-bond acceptors (Lipinski definition) is 4. The highest BCUT2D eigenvalue weighted by atomic mass is 127. The van der Waals surface area contributed by atoms with E-state index in [9.17, 15) is 4.79 Å². The van der Waals surface area contributed by atoms with Gasteiger partial charge in [0.2, 0.25) is 5.91 Å². The second kappa shape index (κ2) is 13.8. The molecule has 2 N–H and O–H groups in total. The minimum atomic E-state index is 0. The number of aliphatic imine (C=N–C) groups is 1. The fourth-order valence-electron chi connectivity index (χ4n) is 3.42.